The highest BCUT2D eigenvalue weighted by Crippen LogP contribution is 2.25. The first-order valence-electron chi connectivity index (χ1n) is 6.60. The molecule has 2 N–H and O–H groups in total. The number of amides is 1. The number of benzene rings is 2. The van der Waals surface area contributed by atoms with Crippen molar-refractivity contribution in [3.8, 4) is 5.75 Å². The van der Waals surface area contributed by atoms with Crippen LogP contribution in [0.3, 0.4) is 0 Å². The molecule has 4 nitrogen and oxygen atoms in total. The first kappa shape index (κ1) is 15.4. The third kappa shape index (κ3) is 3.74. The number of aliphatic hydroxyl groups excluding tert-OH is 1. The van der Waals surface area contributed by atoms with E-state index in [0.29, 0.717) is 23.7 Å². The van der Waals surface area contributed by atoms with E-state index >= 15 is 0 Å². The Labute approximate surface area is 128 Å². The van der Waals surface area contributed by atoms with Crippen LogP contribution < -0.4 is 4.90 Å². The Morgan fingerprint density at radius 3 is 2.52 bits per heavy atom. The highest BCUT2D eigenvalue weighted by atomic mass is 35.5. The Balaban J connectivity index is 2.36. The molecule has 2 rings (SSSR count). The van der Waals surface area contributed by atoms with Gasteiger partial charge in [0.1, 0.15) is 5.75 Å². The molecule has 0 heterocycles. The number of carbonyl (C=O) groups is 1. The van der Waals surface area contributed by atoms with Crippen LogP contribution in [0.4, 0.5) is 5.69 Å². The molecule has 1 amide bonds. The highest BCUT2D eigenvalue weighted by Gasteiger charge is 2.20. The van der Waals surface area contributed by atoms with Crippen LogP contribution in [0.15, 0.2) is 48.5 Å². The number of phenols is 1. The molecule has 0 bridgehead atoms. The summed E-state index contributed by atoms with van der Waals surface area (Å²) in [7, 11) is 0. The van der Waals surface area contributed by atoms with Crippen molar-refractivity contribution in [1.29, 1.82) is 0 Å². The summed E-state index contributed by atoms with van der Waals surface area (Å²) in [6, 6.07) is 13.5. The van der Waals surface area contributed by atoms with E-state index in [9.17, 15) is 9.90 Å². The monoisotopic (exact) mass is 305 g/mol. The summed E-state index contributed by atoms with van der Waals surface area (Å²) < 4.78 is 0. The lowest BCUT2D eigenvalue weighted by atomic mass is 10.1. The molecule has 0 atom stereocenters. The van der Waals surface area contributed by atoms with E-state index in [-0.39, 0.29) is 23.8 Å². The molecule has 2 aromatic rings. The number of hydrogen-bond donors (Lipinski definition) is 2. The van der Waals surface area contributed by atoms with Crippen molar-refractivity contribution < 1.29 is 15.0 Å². The van der Waals surface area contributed by atoms with E-state index in [2.05, 4.69) is 0 Å². The van der Waals surface area contributed by atoms with Crippen molar-refractivity contribution in [3.63, 3.8) is 0 Å². The molecule has 21 heavy (non-hydrogen) atoms. The quantitative estimate of drug-likeness (QED) is 0.892. The number of halogens is 1. The minimum atomic E-state index is -0.352. The molecule has 110 valence electrons. The summed E-state index contributed by atoms with van der Waals surface area (Å²) in [5.74, 6) is -0.469. The Morgan fingerprint density at radius 2 is 1.86 bits per heavy atom. The Hall–Kier alpha value is -2.04. The third-order valence-electron chi connectivity index (χ3n) is 3.04. The maximum absolute atomic E-state index is 12.6. The second-order valence-corrected chi connectivity index (χ2v) is 4.97. The fourth-order valence-corrected chi connectivity index (χ4v) is 2.18. The molecular formula is C16H16ClNO3. The molecule has 0 aromatic heterocycles. The lowest BCUT2D eigenvalue weighted by molar-refractivity contribution is 0.0982. The third-order valence-corrected chi connectivity index (χ3v) is 3.28. The van der Waals surface area contributed by atoms with Gasteiger partial charge in [-0.3, -0.25) is 4.79 Å². The number of phenolic OH excluding ortho intramolecular Hbond substituents is 1. The number of rotatable bonds is 5. The molecule has 0 saturated heterocycles. The summed E-state index contributed by atoms with van der Waals surface area (Å²) in [5, 5.41) is 19.3. The number of anilines is 1. The van der Waals surface area contributed by atoms with Crippen LogP contribution in [-0.4, -0.2) is 29.3 Å². The van der Waals surface area contributed by atoms with E-state index in [0.717, 1.165) is 0 Å². The second-order valence-electron chi connectivity index (χ2n) is 4.53. The minimum Gasteiger partial charge on any atom is -0.507 e. The molecule has 0 aliphatic heterocycles. The SMILES string of the molecule is O=C(c1cc(Cl)ccc1O)N(CCCO)c1ccccc1. The number of nitrogens with zero attached hydrogens (tertiary/aromatic N) is 1. The van der Waals surface area contributed by atoms with Gasteiger partial charge in [0, 0.05) is 23.9 Å². The van der Waals surface area contributed by atoms with E-state index < -0.39 is 0 Å². The average molecular weight is 306 g/mol. The minimum absolute atomic E-state index is 0.0157. The molecule has 5 heteroatoms. The Kier molecular flexibility index (Phi) is 5.20. The van der Waals surface area contributed by atoms with Crippen molar-refractivity contribution in [3.05, 3.63) is 59.1 Å². The van der Waals surface area contributed by atoms with Gasteiger partial charge in [-0.05, 0) is 36.8 Å². The lowest BCUT2D eigenvalue weighted by Gasteiger charge is -2.23. The van der Waals surface area contributed by atoms with Crippen LogP contribution in [0.5, 0.6) is 5.75 Å². The molecular weight excluding hydrogens is 290 g/mol. The van der Waals surface area contributed by atoms with Crippen LogP contribution in [0, 0.1) is 0 Å². The largest absolute Gasteiger partial charge is 0.507 e. The van der Waals surface area contributed by atoms with Gasteiger partial charge in [-0.1, -0.05) is 29.8 Å². The molecule has 0 fully saturated rings. The van der Waals surface area contributed by atoms with Gasteiger partial charge in [0.25, 0.3) is 5.91 Å². The van der Waals surface area contributed by atoms with Gasteiger partial charge >= 0.3 is 0 Å². The normalized spacial score (nSPS) is 10.4. The molecule has 0 unspecified atom stereocenters. The van der Waals surface area contributed by atoms with E-state index in [1.807, 2.05) is 18.2 Å². The number of carbonyl (C=O) groups excluding carboxylic acids is 1. The van der Waals surface area contributed by atoms with Crippen LogP contribution in [0.2, 0.25) is 5.02 Å². The van der Waals surface area contributed by atoms with E-state index in [4.69, 9.17) is 16.7 Å². The van der Waals surface area contributed by atoms with Crippen molar-refractivity contribution in [2.75, 3.05) is 18.1 Å². The zero-order valence-electron chi connectivity index (χ0n) is 11.4. The number of para-hydroxylation sites is 1. The van der Waals surface area contributed by atoms with Gasteiger partial charge in [-0.2, -0.15) is 0 Å². The maximum atomic E-state index is 12.6. The predicted octanol–water partition coefficient (Wildman–Crippen LogP) is 3.07. The van der Waals surface area contributed by atoms with Crippen molar-refractivity contribution in [2.24, 2.45) is 0 Å². The van der Waals surface area contributed by atoms with E-state index in [1.165, 1.54) is 23.1 Å². The zero-order valence-corrected chi connectivity index (χ0v) is 12.1. The van der Waals surface area contributed by atoms with Crippen LogP contribution in [0.25, 0.3) is 0 Å². The summed E-state index contributed by atoms with van der Waals surface area (Å²) in [4.78, 5) is 14.2. The topological polar surface area (TPSA) is 60.8 Å². The van der Waals surface area contributed by atoms with Gasteiger partial charge < -0.3 is 15.1 Å². The van der Waals surface area contributed by atoms with Crippen molar-refractivity contribution in [2.45, 2.75) is 6.42 Å². The molecule has 0 aliphatic rings. The Morgan fingerprint density at radius 1 is 1.14 bits per heavy atom. The fraction of sp³-hybridized carbons (Fsp3) is 0.188. The van der Waals surface area contributed by atoms with Crippen LogP contribution >= 0.6 is 11.6 Å². The van der Waals surface area contributed by atoms with E-state index in [1.54, 1.807) is 12.1 Å². The van der Waals surface area contributed by atoms with Crippen LogP contribution in [0.1, 0.15) is 16.8 Å². The van der Waals surface area contributed by atoms with Gasteiger partial charge in [-0.25, -0.2) is 0 Å². The molecule has 0 spiro atoms. The molecule has 0 radical (unpaired) electrons. The Bertz CT molecular complexity index is 616. The van der Waals surface area contributed by atoms with Gasteiger partial charge in [-0.15, -0.1) is 0 Å². The first-order chi connectivity index (χ1) is 10.1. The number of aliphatic hydroxyl groups is 1. The smallest absolute Gasteiger partial charge is 0.262 e. The van der Waals surface area contributed by atoms with Crippen molar-refractivity contribution in [1.82, 2.24) is 0 Å². The lowest BCUT2D eigenvalue weighted by Crippen LogP contribution is -2.32. The summed E-state index contributed by atoms with van der Waals surface area (Å²) >= 11 is 5.89. The number of hydrogen-bond acceptors (Lipinski definition) is 3. The standard InChI is InChI=1S/C16H16ClNO3/c17-12-7-8-15(20)14(11-12)16(21)18(9-4-10-19)13-5-2-1-3-6-13/h1-3,5-8,11,19-20H,4,9-10H2. The maximum Gasteiger partial charge on any atom is 0.262 e. The highest BCUT2D eigenvalue weighted by molar-refractivity contribution is 6.31. The van der Waals surface area contributed by atoms with Gasteiger partial charge in [0.05, 0.1) is 5.56 Å². The van der Waals surface area contributed by atoms with Crippen molar-refractivity contribution >= 4 is 23.2 Å². The summed E-state index contributed by atoms with van der Waals surface area (Å²) in [5.41, 5.74) is 0.847. The van der Waals surface area contributed by atoms with Gasteiger partial charge in [0.15, 0.2) is 0 Å². The summed E-state index contributed by atoms with van der Waals surface area (Å²) in [6.07, 6.45) is 0.446. The average Bonchev–Trinajstić information content (AvgIpc) is 2.51. The molecule has 0 aliphatic carbocycles. The van der Waals surface area contributed by atoms with Crippen LogP contribution in [-0.2, 0) is 0 Å². The second kappa shape index (κ2) is 7.11. The fourth-order valence-electron chi connectivity index (χ4n) is 2.01. The zero-order chi connectivity index (χ0) is 15.2. The summed E-state index contributed by atoms with van der Waals surface area (Å²) in [6.45, 7) is 0.337. The van der Waals surface area contributed by atoms with Gasteiger partial charge in [0.2, 0.25) is 0 Å². The first-order valence-corrected chi connectivity index (χ1v) is 6.97. The molecule has 0 saturated carbocycles. The number of aromatic hydroxyl groups is 1. The molecule has 2 aromatic carbocycles. The predicted molar refractivity (Wildman–Crippen MR) is 82.9 cm³/mol.